The van der Waals surface area contributed by atoms with E-state index in [-0.39, 0.29) is 6.04 Å². The summed E-state index contributed by atoms with van der Waals surface area (Å²) in [5.74, 6) is 0. The van der Waals surface area contributed by atoms with Crippen LogP contribution in [0.4, 0.5) is 0 Å². The van der Waals surface area contributed by atoms with Crippen molar-refractivity contribution >= 4 is 11.6 Å². The predicted octanol–water partition coefficient (Wildman–Crippen LogP) is 3.60. The SMILES string of the molecule is CC(C)N1CCCCC(N)C1c1ccc(Cl)cc1. The molecule has 2 N–H and O–H groups in total. The Kier molecular flexibility index (Phi) is 4.66. The molecule has 1 aliphatic heterocycles. The van der Waals surface area contributed by atoms with E-state index in [1.165, 1.54) is 18.4 Å². The number of likely N-dealkylation sites (tertiary alicyclic amines) is 1. The van der Waals surface area contributed by atoms with Crippen LogP contribution in [-0.2, 0) is 0 Å². The van der Waals surface area contributed by atoms with Gasteiger partial charge in [-0.1, -0.05) is 30.2 Å². The molecule has 0 amide bonds. The number of hydrogen-bond donors (Lipinski definition) is 1. The molecule has 100 valence electrons. The fourth-order valence-corrected chi connectivity index (χ4v) is 3.02. The van der Waals surface area contributed by atoms with Crippen molar-refractivity contribution in [2.24, 2.45) is 5.73 Å². The molecule has 1 fully saturated rings. The Morgan fingerprint density at radius 3 is 2.50 bits per heavy atom. The van der Waals surface area contributed by atoms with Gasteiger partial charge in [-0.2, -0.15) is 0 Å². The van der Waals surface area contributed by atoms with Crippen LogP contribution in [0.3, 0.4) is 0 Å². The average Bonchev–Trinajstić information content (AvgIpc) is 2.52. The zero-order chi connectivity index (χ0) is 13.1. The van der Waals surface area contributed by atoms with Crippen LogP contribution in [0.5, 0.6) is 0 Å². The van der Waals surface area contributed by atoms with Gasteiger partial charge in [-0.3, -0.25) is 4.90 Å². The normalized spacial score (nSPS) is 26.3. The molecule has 1 aliphatic rings. The first kappa shape index (κ1) is 13.9. The molecular formula is C15H23ClN2. The maximum absolute atomic E-state index is 6.40. The van der Waals surface area contributed by atoms with Crippen molar-refractivity contribution < 1.29 is 0 Å². The summed E-state index contributed by atoms with van der Waals surface area (Å²) in [4.78, 5) is 2.53. The molecule has 0 aliphatic carbocycles. The summed E-state index contributed by atoms with van der Waals surface area (Å²) >= 11 is 5.97. The number of nitrogens with two attached hydrogens (primary N) is 1. The maximum atomic E-state index is 6.40. The lowest BCUT2D eigenvalue weighted by molar-refractivity contribution is 0.144. The summed E-state index contributed by atoms with van der Waals surface area (Å²) in [5, 5.41) is 0.789. The maximum Gasteiger partial charge on any atom is 0.0501 e. The second kappa shape index (κ2) is 6.05. The highest BCUT2D eigenvalue weighted by molar-refractivity contribution is 6.30. The summed E-state index contributed by atoms with van der Waals surface area (Å²) in [6.45, 7) is 5.64. The van der Waals surface area contributed by atoms with E-state index in [0.717, 1.165) is 18.0 Å². The van der Waals surface area contributed by atoms with Crippen molar-refractivity contribution in [3.8, 4) is 0 Å². The van der Waals surface area contributed by atoms with Gasteiger partial charge in [0, 0.05) is 17.1 Å². The topological polar surface area (TPSA) is 29.3 Å². The molecule has 1 aromatic rings. The number of nitrogens with zero attached hydrogens (tertiary/aromatic N) is 1. The zero-order valence-electron chi connectivity index (χ0n) is 11.3. The molecule has 0 aromatic heterocycles. The van der Waals surface area contributed by atoms with E-state index >= 15 is 0 Å². The molecule has 2 unspecified atom stereocenters. The lowest BCUT2D eigenvalue weighted by atomic mass is 9.95. The van der Waals surface area contributed by atoms with Gasteiger partial charge in [0.15, 0.2) is 0 Å². The van der Waals surface area contributed by atoms with Crippen molar-refractivity contribution in [1.29, 1.82) is 0 Å². The van der Waals surface area contributed by atoms with Gasteiger partial charge in [0.25, 0.3) is 0 Å². The summed E-state index contributed by atoms with van der Waals surface area (Å²) in [7, 11) is 0. The summed E-state index contributed by atoms with van der Waals surface area (Å²) < 4.78 is 0. The first-order valence-corrected chi connectivity index (χ1v) is 7.24. The Hall–Kier alpha value is -0.570. The van der Waals surface area contributed by atoms with Gasteiger partial charge in [0.05, 0.1) is 6.04 Å². The first-order chi connectivity index (χ1) is 8.59. The molecule has 1 saturated heterocycles. The number of hydrogen-bond acceptors (Lipinski definition) is 2. The Labute approximate surface area is 115 Å². The third kappa shape index (κ3) is 3.05. The minimum Gasteiger partial charge on any atom is -0.326 e. The van der Waals surface area contributed by atoms with Crippen LogP contribution < -0.4 is 5.73 Å². The fraction of sp³-hybridized carbons (Fsp3) is 0.600. The van der Waals surface area contributed by atoms with Gasteiger partial charge in [0.2, 0.25) is 0 Å². The zero-order valence-corrected chi connectivity index (χ0v) is 12.0. The monoisotopic (exact) mass is 266 g/mol. The summed E-state index contributed by atoms with van der Waals surface area (Å²) in [6.07, 6.45) is 3.58. The van der Waals surface area contributed by atoms with Gasteiger partial charge in [-0.25, -0.2) is 0 Å². The number of halogens is 1. The van der Waals surface area contributed by atoms with Crippen LogP contribution in [0.2, 0.25) is 5.02 Å². The molecule has 0 spiro atoms. The van der Waals surface area contributed by atoms with Crippen molar-refractivity contribution in [1.82, 2.24) is 4.90 Å². The van der Waals surface area contributed by atoms with E-state index in [9.17, 15) is 0 Å². The van der Waals surface area contributed by atoms with Gasteiger partial charge in [-0.05, 0) is 50.9 Å². The Morgan fingerprint density at radius 1 is 1.22 bits per heavy atom. The minimum absolute atomic E-state index is 0.219. The van der Waals surface area contributed by atoms with E-state index < -0.39 is 0 Å². The molecule has 2 rings (SSSR count). The third-order valence-corrected chi connectivity index (χ3v) is 4.09. The van der Waals surface area contributed by atoms with Crippen molar-refractivity contribution in [3.05, 3.63) is 34.9 Å². The van der Waals surface area contributed by atoms with E-state index in [0.29, 0.717) is 12.1 Å². The fourth-order valence-electron chi connectivity index (χ4n) is 2.90. The molecular weight excluding hydrogens is 244 g/mol. The lowest BCUT2D eigenvalue weighted by Gasteiger charge is -2.36. The largest absolute Gasteiger partial charge is 0.326 e. The van der Waals surface area contributed by atoms with Gasteiger partial charge in [0.1, 0.15) is 0 Å². The molecule has 2 nitrogen and oxygen atoms in total. The second-order valence-electron chi connectivity index (χ2n) is 5.49. The molecule has 0 bridgehead atoms. The Bertz CT molecular complexity index is 375. The van der Waals surface area contributed by atoms with E-state index in [4.69, 9.17) is 17.3 Å². The molecule has 1 heterocycles. The van der Waals surface area contributed by atoms with E-state index in [2.05, 4.69) is 30.9 Å². The molecule has 3 heteroatoms. The van der Waals surface area contributed by atoms with Crippen LogP contribution in [-0.4, -0.2) is 23.5 Å². The van der Waals surface area contributed by atoms with E-state index in [1.54, 1.807) is 0 Å². The quantitative estimate of drug-likeness (QED) is 0.886. The van der Waals surface area contributed by atoms with Crippen molar-refractivity contribution in [2.45, 2.75) is 51.2 Å². The van der Waals surface area contributed by atoms with Crippen LogP contribution in [0.15, 0.2) is 24.3 Å². The third-order valence-electron chi connectivity index (χ3n) is 3.84. The number of benzene rings is 1. The highest BCUT2D eigenvalue weighted by Gasteiger charge is 2.30. The van der Waals surface area contributed by atoms with Crippen LogP contribution in [0, 0.1) is 0 Å². The standard InChI is InChI=1S/C15H23ClN2/c1-11(2)18-10-4-3-5-14(17)15(18)12-6-8-13(16)9-7-12/h6-9,11,14-15H,3-5,10,17H2,1-2H3. The molecule has 2 atom stereocenters. The molecule has 0 radical (unpaired) electrons. The summed E-state index contributed by atoms with van der Waals surface area (Å²) in [6, 6.07) is 9.23. The predicted molar refractivity (Wildman–Crippen MR) is 77.9 cm³/mol. The minimum atomic E-state index is 0.219. The average molecular weight is 267 g/mol. The molecule has 1 aromatic carbocycles. The highest BCUT2D eigenvalue weighted by Crippen LogP contribution is 2.31. The highest BCUT2D eigenvalue weighted by atomic mass is 35.5. The van der Waals surface area contributed by atoms with E-state index in [1.807, 2.05) is 12.1 Å². The second-order valence-corrected chi connectivity index (χ2v) is 5.92. The molecule has 0 saturated carbocycles. The smallest absolute Gasteiger partial charge is 0.0501 e. The van der Waals surface area contributed by atoms with Crippen LogP contribution >= 0.6 is 11.6 Å². The van der Waals surface area contributed by atoms with Gasteiger partial charge < -0.3 is 5.73 Å². The van der Waals surface area contributed by atoms with Crippen molar-refractivity contribution in [2.75, 3.05) is 6.54 Å². The number of rotatable bonds is 2. The summed E-state index contributed by atoms with van der Waals surface area (Å²) in [5.41, 5.74) is 7.70. The lowest BCUT2D eigenvalue weighted by Crippen LogP contribution is -2.43. The van der Waals surface area contributed by atoms with Gasteiger partial charge in [-0.15, -0.1) is 0 Å². The van der Waals surface area contributed by atoms with Crippen LogP contribution in [0.1, 0.15) is 44.7 Å². The van der Waals surface area contributed by atoms with Crippen molar-refractivity contribution in [3.63, 3.8) is 0 Å². The Morgan fingerprint density at radius 2 is 1.89 bits per heavy atom. The van der Waals surface area contributed by atoms with Crippen LogP contribution in [0.25, 0.3) is 0 Å². The molecule has 18 heavy (non-hydrogen) atoms. The van der Waals surface area contributed by atoms with Gasteiger partial charge >= 0.3 is 0 Å². The Balaban J connectivity index is 2.31. The first-order valence-electron chi connectivity index (χ1n) is 6.86.